The van der Waals surface area contributed by atoms with Crippen LogP contribution in [0.1, 0.15) is 5.69 Å². The van der Waals surface area contributed by atoms with Gasteiger partial charge in [0, 0.05) is 41.3 Å². The summed E-state index contributed by atoms with van der Waals surface area (Å²) in [5, 5.41) is 0.706. The summed E-state index contributed by atoms with van der Waals surface area (Å²) >= 11 is 6.17. The molecule has 0 unspecified atom stereocenters. The van der Waals surface area contributed by atoms with Gasteiger partial charge in [-0.05, 0) is 6.07 Å². The SMILES string of the molecule is NCc1cn2cc(-c3ccccc3Cl)cnc2n1. The summed E-state index contributed by atoms with van der Waals surface area (Å²) in [5.41, 5.74) is 8.29. The Morgan fingerprint density at radius 2 is 2.06 bits per heavy atom. The van der Waals surface area contributed by atoms with Crippen molar-refractivity contribution in [3.8, 4) is 11.1 Å². The van der Waals surface area contributed by atoms with Gasteiger partial charge in [-0.1, -0.05) is 29.8 Å². The number of benzene rings is 1. The molecule has 0 radical (unpaired) electrons. The Hall–Kier alpha value is -1.91. The van der Waals surface area contributed by atoms with Crippen LogP contribution in [0.4, 0.5) is 0 Å². The van der Waals surface area contributed by atoms with Crippen molar-refractivity contribution in [3.63, 3.8) is 0 Å². The second-order valence-electron chi connectivity index (χ2n) is 3.97. The van der Waals surface area contributed by atoms with Crippen molar-refractivity contribution in [1.82, 2.24) is 14.4 Å². The smallest absolute Gasteiger partial charge is 0.233 e. The molecule has 3 aromatic rings. The van der Waals surface area contributed by atoms with Crippen molar-refractivity contribution in [2.24, 2.45) is 5.73 Å². The predicted octanol–water partition coefficient (Wildman–Crippen LogP) is 2.51. The lowest BCUT2D eigenvalue weighted by Gasteiger charge is -2.03. The quantitative estimate of drug-likeness (QED) is 0.768. The fourth-order valence-corrected chi connectivity index (χ4v) is 2.11. The molecule has 4 nitrogen and oxygen atoms in total. The van der Waals surface area contributed by atoms with Gasteiger partial charge in [-0.25, -0.2) is 9.97 Å². The number of aromatic nitrogens is 3. The van der Waals surface area contributed by atoms with Gasteiger partial charge in [0.1, 0.15) is 0 Å². The molecule has 2 N–H and O–H groups in total. The van der Waals surface area contributed by atoms with E-state index in [1.165, 1.54) is 0 Å². The maximum Gasteiger partial charge on any atom is 0.233 e. The average molecular weight is 259 g/mol. The van der Waals surface area contributed by atoms with Crippen LogP contribution in [0.5, 0.6) is 0 Å². The zero-order valence-electron chi connectivity index (χ0n) is 9.55. The van der Waals surface area contributed by atoms with Crippen LogP contribution >= 0.6 is 11.6 Å². The molecule has 0 spiro atoms. The van der Waals surface area contributed by atoms with E-state index in [9.17, 15) is 0 Å². The fraction of sp³-hybridized carbons (Fsp3) is 0.0769. The monoisotopic (exact) mass is 258 g/mol. The first kappa shape index (κ1) is 11.2. The van der Waals surface area contributed by atoms with Gasteiger partial charge in [0.15, 0.2) is 0 Å². The largest absolute Gasteiger partial charge is 0.325 e. The average Bonchev–Trinajstić information content (AvgIpc) is 2.81. The molecule has 5 heteroatoms. The Balaban J connectivity index is 2.16. The molecular weight excluding hydrogens is 248 g/mol. The normalized spacial score (nSPS) is 11.0. The maximum absolute atomic E-state index is 6.17. The Kier molecular flexibility index (Phi) is 2.74. The summed E-state index contributed by atoms with van der Waals surface area (Å²) in [4.78, 5) is 8.59. The van der Waals surface area contributed by atoms with E-state index >= 15 is 0 Å². The van der Waals surface area contributed by atoms with Crippen LogP contribution in [0.3, 0.4) is 0 Å². The molecule has 2 aromatic heterocycles. The van der Waals surface area contributed by atoms with Crippen LogP contribution in [0.15, 0.2) is 42.9 Å². The summed E-state index contributed by atoms with van der Waals surface area (Å²) < 4.78 is 1.86. The first-order chi connectivity index (χ1) is 8.78. The Morgan fingerprint density at radius 1 is 1.22 bits per heavy atom. The summed E-state index contributed by atoms with van der Waals surface area (Å²) in [6.45, 7) is 0.408. The van der Waals surface area contributed by atoms with Crippen molar-refractivity contribution < 1.29 is 0 Å². The van der Waals surface area contributed by atoms with Gasteiger partial charge in [-0.15, -0.1) is 0 Å². The molecule has 0 saturated heterocycles. The van der Waals surface area contributed by atoms with E-state index in [-0.39, 0.29) is 0 Å². The van der Waals surface area contributed by atoms with Crippen LogP contribution in [-0.4, -0.2) is 14.4 Å². The molecule has 2 heterocycles. The van der Waals surface area contributed by atoms with Crippen LogP contribution < -0.4 is 5.73 Å². The first-order valence-corrected chi connectivity index (χ1v) is 5.94. The molecule has 90 valence electrons. The third-order valence-corrected chi connectivity index (χ3v) is 3.08. The van der Waals surface area contributed by atoms with Crippen molar-refractivity contribution in [3.05, 3.63) is 53.6 Å². The van der Waals surface area contributed by atoms with Crippen LogP contribution in [-0.2, 0) is 6.54 Å². The lowest BCUT2D eigenvalue weighted by molar-refractivity contribution is 1.01. The van der Waals surface area contributed by atoms with Gasteiger partial charge in [-0.3, -0.25) is 4.40 Å². The predicted molar refractivity (Wildman–Crippen MR) is 71.3 cm³/mol. The third kappa shape index (κ3) is 1.85. The molecule has 0 bridgehead atoms. The van der Waals surface area contributed by atoms with E-state index in [4.69, 9.17) is 17.3 Å². The molecule has 0 atom stereocenters. The number of fused-ring (bicyclic) bond motifs is 1. The van der Waals surface area contributed by atoms with Gasteiger partial charge in [0.25, 0.3) is 0 Å². The Labute approximate surface area is 109 Å². The van der Waals surface area contributed by atoms with Crippen molar-refractivity contribution in [2.75, 3.05) is 0 Å². The highest BCUT2D eigenvalue weighted by Crippen LogP contribution is 2.26. The molecule has 18 heavy (non-hydrogen) atoms. The van der Waals surface area contributed by atoms with E-state index in [0.29, 0.717) is 17.3 Å². The van der Waals surface area contributed by atoms with E-state index in [0.717, 1.165) is 16.8 Å². The van der Waals surface area contributed by atoms with Crippen molar-refractivity contribution in [1.29, 1.82) is 0 Å². The van der Waals surface area contributed by atoms with Gasteiger partial charge in [-0.2, -0.15) is 0 Å². The van der Waals surface area contributed by atoms with E-state index in [2.05, 4.69) is 9.97 Å². The number of hydrogen-bond donors (Lipinski definition) is 1. The minimum absolute atomic E-state index is 0.408. The van der Waals surface area contributed by atoms with Crippen LogP contribution in [0, 0.1) is 0 Å². The lowest BCUT2D eigenvalue weighted by Crippen LogP contribution is -1.95. The highest BCUT2D eigenvalue weighted by Gasteiger charge is 2.06. The Morgan fingerprint density at radius 3 is 2.83 bits per heavy atom. The number of imidazole rings is 1. The molecule has 1 aromatic carbocycles. The topological polar surface area (TPSA) is 56.2 Å². The third-order valence-electron chi connectivity index (χ3n) is 2.75. The summed E-state index contributed by atoms with van der Waals surface area (Å²) in [7, 11) is 0. The van der Waals surface area contributed by atoms with Crippen molar-refractivity contribution >= 4 is 17.4 Å². The molecule has 0 aliphatic carbocycles. The number of nitrogens with two attached hydrogens (primary N) is 1. The zero-order valence-corrected chi connectivity index (χ0v) is 10.3. The molecule has 0 aliphatic heterocycles. The summed E-state index contributed by atoms with van der Waals surface area (Å²) in [5.74, 6) is 0.645. The van der Waals surface area contributed by atoms with Gasteiger partial charge in [0.2, 0.25) is 5.78 Å². The van der Waals surface area contributed by atoms with E-state index in [1.807, 2.05) is 41.1 Å². The molecule has 3 rings (SSSR count). The lowest BCUT2D eigenvalue weighted by atomic mass is 10.1. The zero-order chi connectivity index (χ0) is 12.5. The molecular formula is C13H11ClN4. The van der Waals surface area contributed by atoms with Gasteiger partial charge >= 0.3 is 0 Å². The van der Waals surface area contributed by atoms with Crippen LogP contribution in [0.25, 0.3) is 16.9 Å². The molecule has 0 saturated carbocycles. The Bertz CT molecular complexity index is 705. The molecule has 0 amide bonds. The standard InChI is InChI=1S/C13H11ClN4/c14-12-4-2-1-3-11(12)9-6-16-13-17-10(5-15)8-18(13)7-9/h1-4,6-8H,5,15H2. The van der Waals surface area contributed by atoms with Gasteiger partial charge < -0.3 is 5.73 Å². The number of nitrogens with zero attached hydrogens (tertiary/aromatic N) is 3. The van der Waals surface area contributed by atoms with Crippen LogP contribution in [0.2, 0.25) is 5.02 Å². The summed E-state index contributed by atoms with van der Waals surface area (Å²) in [6, 6.07) is 7.68. The molecule has 0 fully saturated rings. The number of halogens is 1. The minimum Gasteiger partial charge on any atom is -0.325 e. The van der Waals surface area contributed by atoms with E-state index < -0.39 is 0 Å². The number of rotatable bonds is 2. The van der Waals surface area contributed by atoms with Crippen molar-refractivity contribution in [2.45, 2.75) is 6.54 Å². The number of hydrogen-bond acceptors (Lipinski definition) is 3. The fourth-order valence-electron chi connectivity index (χ4n) is 1.87. The second-order valence-corrected chi connectivity index (χ2v) is 4.37. The highest BCUT2D eigenvalue weighted by atomic mass is 35.5. The highest BCUT2D eigenvalue weighted by molar-refractivity contribution is 6.33. The summed E-state index contributed by atoms with van der Waals surface area (Å²) in [6.07, 6.45) is 5.60. The minimum atomic E-state index is 0.408. The second kappa shape index (κ2) is 4.40. The molecule has 0 aliphatic rings. The maximum atomic E-state index is 6.17. The van der Waals surface area contributed by atoms with Gasteiger partial charge in [0.05, 0.1) is 5.69 Å². The first-order valence-electron chi connectivity index (χ1n) is 5.56. The van der Waals surface area contributed by atoms with E-state index in [1.54, 1.807) is 6.20 Å².